The van der Waals surface area contributed by atoms with Crippen LogP contribution in [0.25, 0.3) is 0 Å². The van der Waals surface area contributed by atoms with Crippen molar-refractivity contribution in [2.45, 2.75) is 103 Å². The lowest BCUT2D eigenvalue weighted by Gasteiger charge is -2.47. The van der Waals surface area contributed by atoms with E-state index < -0.39 is 5.66 Å². The average molecular weight is 665 g/mol. The lowest BCUT2D eigenvalue weighted by atomic mass is 9.69. The molecule has 2 aromatic carbocycles. The van der Waals surface area contributed by atoms with Gasteiger partial charge < -0.3 is 10.2 Å². The maximum Gasteiger partial charge on any atom is 0.275 e. The topological polar surface area (TPSA) is 116 Å². The van der Waals surface area contributed by atoms with Crippen LogP contribution in [-0.2, 0) is 11.3 Å². The summed E-state index contributed by atoms with van der Waals surface area (Å²) in [6.07, 6.45) is 10.5. The van der Waals surface area contributed by atoms with Crippen molar-refractivity contribution in [2.75, 3.05) is 0 Å². The van der Waals surface area contributed by atoms with Crippen molar-refractivity contribution in [1.29, 1.82) is 0 Å². The van der Waals surface area contributed by atoms with Crippen LogP contribution in [0.2, 0.25) is 10.0 Å². The third kappa shape index (κ3) is 7.00. The van der Waals surface area contributed by atoms with Gasteiger partial charge in [0.25, 0.3) is 11.8 Å². The van der Waals surface area contributed by atoms with E-state index in [0.29, 0.717) is 44.5 Å². The van der Waals surface area contributed by atoms with Crippen LogP contribution in [0.15, 0.2) is 47.5 Å². The largest absolute Gasteiger partial charge is 0.345 e. The number of aromatic amines is 1. The van der Waals surface area contributed by atoms with Crippen molar-refractivity contribution >= 4 is 40.7 Å². The number of rotatable bonds is 9. The molecule has 1 aliphatic heterocycles. The number of aliphatic imine (C=N–C) groups is 1. The minimum atomic E-state index is -0.649. The van der Waals surface area contributed by atoms with E-state index in [-0.39, 0.29) is 29.8 Å². The maximum absolute atomic E-state index is 14.7. The fraction of sp³-hybridized carbons (Fsp3) is 0.543. The Bertz CT molecular complexity index is 1550. The Kier molecular flexibility index (Phi) is 9.53. The predicted molar refractivity (Wildman–Crippen MR) is 180 cm³/mol. The summed E-state index contributed by atoms with van der Waals surface area (Å²) in [4.78, 5) is 35.0. The molecule has 11 heteroatoms. The second kappa shape index (κ2) is 13.4. The van der Waals surface area contributed by atoms with E-state index in [9.17, 15) is 9.59 Å². The lowest BCUT2D eigenvalue weighted by molar-refractivity contribution is -0.133. The molecule has 3 aliphatic rings. The van der Waals surface area contributed by atoms with Gasteiger partial charge in [0.2, 0.25) is 0 Å². The number of tetrazole rings is 1. The van der Waals surface area contributed by atoms with Crippen molar-refractivity contribution in [2.24, 2.45) is 22.2 Å². The molecule has 2 saturated carbocycles. The van der Waals surface area contributed by atoms with Gasteiger partial charge in [0, 0.05) is 21.2 Å². The molecule has 0 saturated heterocycles. The standard InChI is InChI=1S/C35H43Cl2N7O2/c1-34(2,3)26-14-16-35(17-15-26)39-31(25-18-27(36)20-28(37)19-25)33(46)44(35)29(13-8-22-6-4-5-7-22)23-9-11-24(12-10-23)32(45)38-21-30-40-42-43-41-30/h9-12,18-20,22,26,29H,4-8,13-17,21H2,1-3H3,(H,38,45)(H,40,41,42,43)/t26?,29-,35?/m1/s1. The Balaban J connectivity index is 1.34. The zero-order valence-corrected chi connectivity index (χ0v) is 28.4. The molecular formula is C35H43Cl2N7O2. The monoisotopic (exact) mass is 663 g/mol. The number of carbonyl (C=O) groups is 2. The molecule has 2 N–H and O–H groups in total. The molecule has 46 heavy (non-hydrogen) atoms. The quantitative estimate of drug-likeness (QED) is 0.243. The zero-order valence-electron chi connectivity index (χ0n) is 26.9. The normalized spacial score (nSPS) is 22.8. The third-order valence-corrected chi connectivity index (χ3v) is 10.8. The van der Waals surface area contributed by atoms with Crippen molar-refractivity contribution in [3.05, 3.63) is 75.0 Å². The highest BCUT2D eigenvalue weighted by atomic mass is 35.5. The van der Waals surface area contributed by atoms with Crippen LogP contribution >= 0.6 is 23.2 Å². The number of benzene rings is 2. The number of amides is 2. The molecular weight excluding hydrogens is 621 g/mol. The summed E-state index contributed by atoms with van der Waals surface area (Å²) < 4.78 is 0. The number of hydrogen-bond donors (Lipinski definition) is 2. The Hall–Kier alpha value is -3.30. The number of nitrogens with zero attached hydrogens (tertiary/aromatic N) is 5. The van der Waals surface area contributed by atoms with Crippen molar-refractivity contribution in [3.8, 4) is 0 Å². The van der Waals surface area contributed by atoms with E-state index >= 15 is 0 Å². The van der Waals surface area contributed by atoms with Gasteiger partial charge in [0.15, 0.2) is 5.82 Å². The fourth-order valence-corrected chi connectivity index (χ4v) is 8.26. The third-order valence-electron chi connectivity index (χ3n) is 10.3. The molecule has 244 valence electrons. The van der Waals surface area contributed by atoms with Crippen LogP contribution < -0.4 is 5.32 Å². The molecule has 0 radical (unpaired) electrons. The summed E-state index contributed by atoms with van der Waals surface area (Å²) in [5, 5.41) is 17.5. The Labute approximate surface area is 280 Å². The highest BCUT2D eigenvalue weighted by Gasteiger charge is 2.52. The van der Waals surface area contributed by atoms with Crippen LogP contribution in [0.5, 0.6) is 0 Å². The molecule has 6 rings (SSSR count). The zero-order chi connectivity index (χ0) is 32.5. The minimum Gasteiger partial charge on any atom is -0.345 e. The predicted octanol–water partition coefficient (Wildman–Crippen LogP) is 7.71. The Morgan fingerprint density at radius 2 is 1.72 bits per heavy atom. The number of nitrogens with one attached hydrogen (secondary N) is 2. The first-order valence-corrected chi connectivity index (χ1v) is 17.3. The van der Waals surface area contributed by atoms with Gasteiger partial charge in [-0.15, -0.1) is 10.2 Å². The molecule has 2 aliphatic carbocycles. The van der Waals surface area contributed by atoms with Crippen LogP contribution in [0.1, 0.15) is 118 Å². The summed E-state index contributed by atoms with van der Waals surface area (Å²) in [7, 11) is 0. The first-order chi connectivity index (χ1) is 22.0. The molecule has 2 fully saturated rings. The number of H-pyrrole nitrogens is 1. The van der Waals surface area contributed by atoms with Gasteiger partial charge in [-0.1, -0.05) is 87.0 Å². The molecule has 1 spiro atoms. The molecule has 0 bridgehead atoms. The van der Waals surface area contributed by atoms with E-state index in [1.54, 1.807) is 18.2 Å². The van der Waals surface area contributed by atoms with Crippen LogP contribution in [0, 0.1) is 17.3 Å². The molecule has 0 unspecified atom stereocenters. The Morgan fingerprint density at radius 1 is 1.04 bits per heavy atom. The summed E-state index contributed by atoms with van der Waals surface area (Å²) >= 11 is 12.8. The number of carbonyl (C=O) groups excluding carboxylic acids is 2. The van der Waals surface area contributed by atoms with Gasteiger partial charge in [-0.3, -0.25) is 14.6 Å². The van der Waals surface area contributed by atoms with Gasteiger partial charge in [-0.2, -0.15) is 5.21 Å². The van der Waals surface area contributed by atoms with Crippen molar-refractivity contribution < 1.29 is 9.59 Å². The van der Waals surface area contributed by atoms with E-state index in [4.69, 9.17) is 28.2 Å². The smallest absolute Gasteiger partial charge is 0.275 e. The van der Waals surface area contributed by atoms with Gasteiger partial charge >= 0.3 is 0 Å². The fourth-order valence-electron chi connectivity index (χ4n) is 7.73. The van der Waals surface area contributed by atoms with Gasteiger partial charge in [-0.25, -0.2) is 0 Å². The van der Waals surface area contributed by atoms with Crippen LogP contribution in [-0.4, -0.2) is 48.7 Å². The SMILES string of the molecule is CC(C)(C)C1CCC2(CC1)N=C(c1cc(Cl)cc(Cl)c1)C(=O)N2[C@H](CCC1CCCC1)c1ccc(C(=O)NCc2nn[nH]n2)cc1. The molecule has 9 nitrogen and oxygen atoms in total. The van der Waals surface area contributed by atoms with E-state index in [0.717, 1.165) is 44.1 Å². The van der Waals surface area contributed by atoms with Crippen molar-refractivity contribution in [1.82, 2.24) is 30.8 Å². The van der Waals surface area contributed by atoms with E-state index in [2.05, 4.69) is 51.6 Å². The first-order valence-electron chi connectivity index (χ1n) is 16.5. The molecule has 1 aromatic heterocycles. The van der Waals surface area contributed by atoms with E-state index in [1.807, 2.05) is 24.3 Å². The van der Waals surface area contributed by atoms with Gasteiger partial charge in [-0.05, 0) is 91.7 Å². The Morgan fingerprint density at radius 3 is 2.33 bits per heavy atom. The molecule has 2 amide bonds. The summed E-state index contributed by atoms with van der Waals surface area (Å²) in [5.41, 5.74) is 2.17. The van der Waals surface area contributed by atoms with Gasteiger partial charge in [0.1, 0.15) is 11.4 Å². The highest BCUT2D eigenvalue weighted by Crippen LogP contribution is 2.50. The van der Waals surface area contributed by atoms with Gasteiger partial charge in [0.05, 0.1) is 12.6 Å². The second-order valence-electron chi connectivity index (χ2n) is 14.3. The second-order valence-corrected chi connectivity index (χ2v) is 15.2. The summed E-state index contributed by atoms with van der Waals surface area (Å²) in [6.45, 7) is 7.09. The molecule has 2 heterocycles. The van der Waals surface area contributed by atoms with E-state index in [1.165, 1.54) is 25.7 Å². The summed E-state index contributed by atoms with van der Waals surface area (Å²) in [6, 6.07) is 12.7. The number of aromatic nitrogens is 4. The average Bonchev–Trinajstić information content (AvgIpc) is 3.79. The first kappa shape index (κ1) is 32.6. The van der Waals surface area contributed by atoms with Crippen LogP contribution in [0.3, 0.4) is 0 Å². The van der Waals surface area contributed by atoms with Crippen molar-refractivity contribution in [3.63, 3.8) is 0 Å². The number of hydrogen-bond acceptors (Lipinski definition) is 6. The highest BCUT2D eigenvalue weighted by molar-refractivity contribution is 6.47. The summed E-state index contributed by atoms with van der Waals surface area (Å²) in [5.74, 6) is 1.32. The number of halogens is 2. The molecule has 3 aromatic rings. The van der Waals surface area contributed by atoms with Crippen LogP contribution in [0.4, 0.5) is 0 Å². The maximum atomic E-state index is 14.7. The minimum absolute atomic E-state index is 0.0779. The lowest BCUT2D eigenvalue weighted by Crippen LogP contribution is -2.51. The molecule has 1 atom stereocenters.